The first-order valence-corrected chi connectivity index (χ1v) is 9.69. The lowest BCUT2D eigenvalue weighted by molar-refractivity contribution is 0.0613. The fourth-order valence-corrected chi connectivity index (χ4v) is 4.00. The predicted octanol–water partition coefficient (Wildman–Crippen LogP) is 4.50. The number of hydrogen-bond donors (Lipinski definition) is 1. The van der Waals surface area contributed by atoms with E-state index in [9.17, 15) is 9.59 Å². The average molecular weight is 360 g/mol. The molecule has 0 bridgehead atoms. The zero-order chi connectivity index (χ0) is 18.6. The van der Waals surface area contributed by atoms with Gasteiger partial charge in [0.25, 0.3) is 11.5 Å². The van der Waals surface area contributed by atoms with Gasteiger partial charge in [-0.3, -0.25) is 9.59 Å². The summed E-state index contributed by atoms with van der Waals surface area (Å²) in [6.45, 7) is 0.346. The van der Waals surface area contributed by atoms with Crippen molar-refractivity contribution >= 4 is 16.8 Å². The Labute approximate surface area is 158 Å². The Kier molecular flexibility index (Phi) is 5.05. The van der Waals surface area contributed by atoms with Crippen LogP contribution in [-0.2, 0) is 6.54 Å². The van der Waals surface area contributed by atoms with E-state index in [1.165, 1.54) is 6.42 Å². The highest BCUT2D eigenvalue weighted by Crippen LogP contribution is 2.25. The van der Waals surface area contributed by atoms with Crippen LogP contribution in [0.25, 0.3) is 10.9 Å². The van der Waals surface area contributed by atoms with Crippen molar-refractivity contribution in [1.29, 1.82) is 0 Å². The van der Waals surface area contributed by atoms with Crippen molar-refractivity contribution in [3.63, 3.8) is 0 Å². The van der Waals surface area contributed by atoms with Gasteiger partial charge in [-0.15, -0.1) is 0 Å². The van der Waals surface area contributed by atoms with Crippen molar-refractivity contribution in [2.75, 3.05) is 0 Å². The van der Waals surface area contributed by atoms with Crippen molar-refractivity contribution in [1.82, 2.24) is 9.88 Å². The molecule has 1 fully saturated rings. The standard InChI is InChI=1S/C23H24N2O2/c26-22-19(15-18-11-7-8-14-21(18)24-22)16-25(20-12-5-2-6-13-20)23(27)17-9-3-1-4-10-17/h1,3-4,7-11,14-15,20H,2,5-6,12-13,16H2,(H,24,26). The van der Waals surface area contributed by atoms with Gasteiger partial charge >= 0.3 is 0 Å². The Morgan fingerprint density at radius 2 is 1.67 bits per heavy atom. The van der Waals surface area contributed by atoms with Gasteiger partial charge in [-0.1, -0.05) is 55.7 Å². The summed E-state index contributed by atoms with van der Waals surface area (Å²) >= 11 is 0. The second kappa shape index (κ2) is 7.78. The first kappa shape index (κ1) is 17.5. The van der Waals surface area contributed by atoms with Gasteiger partial charge in [-0.25, -0.2) is 0 Å². The number of aromatic amines is 1. The van der Waals surface area contributed by atoms with Gasteiger partial charge in [0, 0.05) is 22.7 Å². The molecule has 1 heterocycles. The number of carbonyl (C=O) groups is 1. The quantitative estimate of drug-likeness (QED) is 0.744. The Morgan fingerprint density at radius 1 is 0.963 bits per heavy atom. The minimum Gasteiger partial charge on any atom is -0.331 e. The second-order valence-electron chi connectivity index (χ2n) is 7.30. The largest absolute Gasteiger partial charge is 0.331 e. The van der Waals surface area contributed by atoms with E-state index < -0.39 is 0 Å². The summed E-state index contributed by atoms with van der Waals surface area (Å²) in [5.74, 6) is 0.00931. The van der Waals surface area contributed by atoms with Crippen LogP contribution in [0.5, 0.6) is 0 Å². The Balaban J connectivity index is 1.69. The van der Waals surface area contributed by atoms with Crippen LogP contribution in [0.15, 0.2) is 65.5 Å². The van der Waals surface area contributed by atoms with Crippen LogP contribution >= 0.6 is 0 Å². The molecule has 0 aliphatic heterocycles. The van der Waals surface area contributed by atoms with E-state index in [2.05, 4.69) is 4.98 Å². The normalized spacial score (nSPS) is 15.0. The number of para-hydroxylation sites is 1. The molecule has 4 rings (SSSR count). The zero-order valence-electron chi connectivity index (χ0n) is 15.4. The summed E-state index contributed by atoms with van der Waals surface area (Å²) in [4.78, 5) is 30.7. The van der Waals surface area contributed by atoms with E-state index in [0.717, 1.165) is 36.6 Å². The third kappa shape index (κ3) is 3.80. The highest BCUT2D eigenvalue weighted by molar-refractivity contribution is 5.94. The van der Waals surface area contributed by atoms with Gasteiger partial charge in [0.1, 0.15) is 0 Å². The molecular weight excluding hydrogens is 336 g/mol. The van der Waals surface area contributed by atoms with Crippen LogP contribution < -0.4 is 5.56 Å². The number of nitrogens with zero attached hydrogens (tertiary/aromatic N) is 1. The molecule has 0 spiro atoms. The van der Waals surface area contributed by atoms with Crippen LogP contribution in [0, 0.1) is 0 Å². The third-order valence-electron chi connectivity index (χ3n) is 5.47. The molecule has 27 heavy (non-hydrogen) atoms. The third-order valence-corrected chi connectivity index (χ3v) is 5.47. The molecular formula is C23H24N2O2. The van der Waals surface area contributed by atoms with Crippen LogP contribution in [0.1, 0.15) is 48.0 Å². The van der Waals surface area contributed by atoms with Crippen molar-refractivity contribution in [3.8, 4) is 0 Å². The minimum atomic E-state index is -0.115. The average Bonchev–Trinajstić information content (AvgIpc) is 2.73. The van der Waals surface area contributed by atoms with E-state index in [4.69, 9.17) is 0 Å². The monoisotopic (exact) mass is 360 g/mol. The maximum Gasteiger partial charge on any atom is 0.254 e. The molecule has 1 amide bonds. The smallest absolute Gasteiger partial charge is 0.254 e. The van der Waals surface area contributed by atoms with Gasteiger partial charge in [0.2, 0.25) is 0 Å². The molecule has 4 nitrogen and oxygen atoms in total. The summed E-state index contributed by atoms with van der Waals surface area (Å²) in [5.41, 5.74) is 2.03. The molecule has 0 unspecified atom stereocenters. The fourth-order valence-electron chi connectivity index (χ4n) is 4.00. The first-order chi connectivity index (χ1) is 13.2. The van der Waals surface area contributed by atoms with E-state index in [0.29, 0.717) is 17.7 Å². The molecule has 4 heteroatoms. The van der Waals surface area contributed by atoms with Crippen LogP contribution in [0.3, 0.4) is 0 Å². The summed E-state index contributed by atoms with van der Waals surface area (Å²) < 4.78 is 0. The molecule has 1 aliphatic carbocycles. The van der Waals surface area contributed by atoms with Crippen molar-refractivity contribution in [2.24, 2.45) is 0 Å². The Bertz CT molecular complexity index is 988. The highest BCUT2D eigenvalue weighted by atomic mass is 16.2. The lowest BCUT2D eigenvalue weighted by atomic mass is 9.93. The minimum absolute atomic E-state index is 0.00931. The van der Waals surface area contributed by atoms with Crippen molar-refractivity contribution in [2.45, 2.75) is 44.7 Å². The number of nitrogens with one attached hydrogen (secondary N) is 1. The zero-order valence-corrected chi connectivity index (χ0v) is 15.4. The van der Waals surface area contributed by atoms with Crippen molar-refractivity contribution < 1.29 is 4.79 Å². The van der Waals surface area contributed by atoms with Gasteiger partial charge in [-0.2, -0.15) is 0 Å². The summed E-state index contributed by atoms with van der Waals surface area (Å²) in [6, 6.07) is 19.2. The number of benzene rings is 2. The van der Waals surface area contributed by atoms with Gasteiger partial charge < -0.3 is 9.88 Å². The predicted molar refractivity (Wildman–Crippen MR) is 108 cm³/mol. The van der Waals surface area contributed by atoms with Crippen LogP contribution in [0.4, 0.5) is 0 Å². The molecule has 1 N–H and O–H groups in total. The number of hydrogen-bond acceptors (Lipinski definition) is 2. The maximum atomic E-state index is 13.2. The van der Waals surface area contributed by atoms with Gasteiger partial charge in [-0.05, 0) is 42.5 Å². The SMILES string of the molecule is O=C(c1ccccc1)N(Cc1cc2ccccc2[nH]c1=O)C1CCCCC1. The van der Waals surface area contributed by atoms with Crippen LogP contribution in [-0.4, -0.2) is 21.8 Å². The molecule has 0 saturated heterocycles. The van der Waals surface area contributed by atoms with E-state index >= 15 is 0 Å². The van der Waals surface area contributed by atoms with Gasteiger partial charge in [0.05, 0.1) is 6.54 Å². The molecule has 1 saturated carbocycles. The number of amides is 1. The number of aromatic nitrogens is 1. The summed E-state index contributed by atoms with van der Waals surface area (Å²) in [5, 5.41) is 0.989. The molecule has 0 radical (unpaired) electrons. The number of H-pyrrole nitrogens is 1. The first-order valence-electron chi connectivity index (χ1n) is 9.69. The molecule has 1 aromatic heterocycles. The molecule has 2 aromatic carbocycles. The van der Waals surface area contributed by atoms with E-state index in [1.54, 1.807) is 0 Å². The maximum absolute atomic E-state index is 13.2. The number of fused-ring (bicyclic) bond motifs is 1. The molecule has 3 aromatic rings. The summed E-state index contributed by atoms with van der Waals surface area (Å²) in [6.07, 6.45) is 5.50. The van der Waals surface area contributed by atoms with Crippen molar-refractivity contribution in [3.05, 3.63) is 82.1 Å². The van der Waals surface area contributed by atoms with Gasteiger partial charge in [0.15, 0.2) is 0 Å². The lowest BCUT2D eigenvalue weighted by Crippen LogP contribution is -2.42. The van der Waals surface area contributed by atoms with E-state index in [1.807, 2.05) is 65.6 Å². The number of pyridine rings is 1. The Hall–Kier alpha value is -2.88. The topological polar surface area (TPSA) is 53.2 Å². The molecule has 1 aliphatic rings. The second-order valence-corrected chi connectivity index (χ2v) is 7.30. The fraction of sp³-hybridized carbons (Fsp3) is 0.304. The highest BCUT2D eigenvalue weighted by Gasteiger charge is 2.27. The molecule has 138 valence electrons. The lowest BCUT2D eigenvalue weighted by Gasteiger charge is -2.34. The number of carbonyl (C=O) groups excluding carboxylic acids is 1. The Morgan fingerprint density at radius 3 is 2.44 bits per heavy atom. The van der Waals surface area contributed by atoms with E-state index in [-0.39, 0.29) is 17.5 Å². The summed E-state index contributed by atoms with van der Waals surface area (Å²) in [7, 11) is 0. The number of rotatable bonds is 4. The van der Waals surface area contributed by atoms with Crippen LogP contribution in [0.2, 0.25) is 0 Å². The molecule has 0 atom stereocenters.